The molecule has 6 heteroatoms. The van der Waals surface area contributed by atoms with Gasteiger partial charge in [0.1, 0.15) is 5.01 Å². The Hall–Kier alpha value is -0.490. The molecular weight excluding hydrogens is 266 g/mol. The first-order valence-corrected chi connectivity index (χ1v) is 6.23. The normalized spacial score (nSPS) is 10.6. The van der Waals surface area contributed by atoms with Crippen LogP contribution in [0.15, 0.2) is 0 Å². The van der Waals surface area contributed by atoms with Crippen molar-refractivity contribution in [3.8, 4) is 0 Å². The van der Waals surface area contributed by atoms with Crippen molar-refractivity contribution in [1.82, 2.24) is 10.2 Å². The smallest absolute Gasteiger partial charge is 0.236 e. The van der Waals surface area contributed by atoms with E-state index in [0.29, 0.717) is 11.0 Å². The van der Waals surface area contributed by atoms with Gasteiger partial charge >= 0.3 is 0 Å². The minimum atomic E-state index is -0.0998. The summed E-state index contributed by atoms with van der Waals surface area (Å²) in [4.78, 5) is 11.0. The molecule has 1 N–H and O–H groups in total. The van der Waals surface area contributed by atoms with Crippen LogP contribution in [0.5, 0.6) is 0 Å². The molecule has 0 aliphatic heterocycles. The third kappa shape index (κ3) is 3.71. The van der Waals surface area contributed by atoms with Crippen LogP contribution in [-0.4, -0.2) is 21.4 Å². The first kappa shape index (κ1) is 11.6. The van der Waals surface area contributed by atoms with Crippen LogP contribution in [0.25, 0.3) is 0 Å². The molecule has 0 aromatic carbocycles. The van der Waals surface area contributed by atoms with Crippen molar-refractivity contribution < 1.29 is 4.79 Å². The Kier molecular flexibility index (Phi) is 4.47. The largest absolute Gasteiger partial charge is 0.300 e. The van der Waals surface area contributed by atoms with Gasteiger partial charge in [0.15, 0.2) is 0 Å². The monoisotopic (exact) mass is 277 g/mol. The second-order valence-corrected chi connectivity index (χ2v) is 4.90. The number of nitrogens with zero attached hydrogens (tertiary/aromatic N) is 2. The summed E-state index contributed by atoms with van der Waals surface area (Å²) in [6.45, 7) is 4.25. The summed E-state index contributed by atoms with van der Waals surface area (Å²) in [6, 6.07) is 0. The van der Waals surface area contributed by atoms with E-state index in [1.54, 1.807) is 0 Å². The van der Waals surface area contributed by atoms with Gasteiger partial charge in [-0.2, -0.15) is 0 Å². The number of hydrogen-bond acceptors (Lipinski definition) is 4. The minimum absolute atomic E-state index is 0.0998. The summed E-state index contributed by atoms with van der Waals surface area (Å²) >= 11 is 4.49. The SMILES string of the molecule is CC(C)Cc1nnc(NC(=O)CBr)s1. The Bertz CT molecular complexity index is 313. The third-order valence-electron chi connectivity index (χ3n) is 1.42. The van der Waals surface area contributed by atoms with Crippen LogP contribution in [0.3, 0.4) is 0 Å². The molecule has 0 aliphatic carbocycles. The molecule has 1 rings (SSSR count). The van der Waals surface area contributed by atoms with Crippen molar-refractivity contribution in [3.63, 3.8) is 0 Å². The maximum Gasteiger partial charge on any atom is 0.236 e. The zero-order valence-electron chi connectivity index (χ0n) is 8.08. The predicted molar refractivity (Wildman–Crippen MR) is 60.9 cm³/mol. The number of halogens is 1. The van der Waals surface area contributed by atoms with Crippen molar-refractivity contribution >= 4 is 38.3 Å². The molecule has 0 atom stereocenters. The molecule has 0 radical (unpaired) electrons. The standard InChI is InChI=1S/C8H12BrN3OS/c1-5(2)3-7-11-12-8(14-7)10-6(13)4-9/h5H,3-4H2,1-2H3,(H,10,12,13). The van der Waals surface area contributed by atoms with Crippen LogP contribution in [0.1, 0.15) is 18.9 Å². The molecule has 14 heavy (non-hydrogen) atoms. The Morgan fingerprint density at radius 1 is 1.57 bits per heavy atom. The molecule has 1 amide bonds. The summed E-state index contributed by atoms with van der Waals surface area (Å²) < 4.78 is 0. The Labute approximate surface area is 95.2 Å². The fraction of sp³-hybridized carbons (Fsp3) is 0.625. The lowest BCUT2D eigenvalue weighted by molar-refractivity contribution is -0.113. The Morgan fingerprint density at radius 3 is 2.86 bits per heavy atom. The number of rotatable bonds is 4. The van der Waals surface area contributed by atoms with Crippen LogP contribution in [-0.2, 0) is 11.2 Å². The number of aromatic nitrogens is 2. The molecule has 78 valence electrons. The van der Waals surface area contributed by atoms with Gasteiger partial charge in [0.25, 0.3) is 0 Å². The highest BCUT2D eigenvalue weighted by molar-refractivity contribution is 9.09. The molecule has 1 aromatic rings. The fourth-order valence-electron chi connectivity index (χ4n) is 0.889. The topological polar surface area (TPSA) is 54.9 Å². The molecule has 0 fully saturated rings. The van der Waals surface area contributed by atoms with E-state index in [9.17, 15) is 4.79 Å². The average Bonchev–Trinajstić information content (AvgIpc) is 2.51. The van der Waals surface area contributed by atoms with Gasteiger partial charge in [0.05, 0.1) is 5.33 Å². The van der Waals surface area contributed by atoms with Gasteiger partial charge in [-0.3, -0.25) is 10.1 Å². The van der Waals surface area contributed by atoms with Gasteiger partial charge in [0.2, 0.25) is 11.0 Å². The van der Waals surface area contributed by atoms with Gasteiger partial charge in [-0.1, -0.05) is 41.1 Å². The molecule has 0 bridgehead atoms. The van der Waals surface area contributed by atoms with Gasteiger partial charge in [-0.15, -0.1) is 10.2 Å². The van der Waals surface area contributed by atoms with E-state index in [4.69, 9.17) is 0 Å². The molecule has 1 heterocycles. The summed E-state index contributed by atoms with van der Waals surface area (Å²) in [5, 5.41) is 12.3. The van der Waals surface area contributed by atoms with Gasteiger partial charge in [0, 0.05) is 6.42 Å². The van der Waals surface area contributed by atoms with Crippen molar-refractivity contribution in [2.75, 3.05) is 10.6 Å². The third-order valence-corrected chi connectivity index (χ3v) is 2.79. The lowest BCUT2D eigenvalue weighted by atomic mass is 10.1. The Morgan fingerprint density at radius 2 is 2.29 bits per heavy atom. The van der Waals surface area contributed by atoms with Crippen LogP contribution in [0, 0.1) is 5.92 Å². The van der Waals surface area contributed by atoms with Crippen LogP contribution in [0.4, 0.5) is 5.13 Å². The number of nitrogens with one attached hydrogen (secondary N) is 1. The molecule has 0 spiro atoms. The summed E-state index contributed by atoms with van der Waals surface area (Å²) in [5.41, 5.74) is 0. The average molecular weight is 278 g/mol. The second kappa shape index (κ2) is 5.41. The van der Waals surface area contributed by atoms with Crippen molar-refractivity contribution in [1.29, 1.82) is 0 Å². The number of hydrogen-bond donors (Lipinski definition) is 1. The van der Waals surface area contributed by atoms with Crippen LogP contribution >= 0.6 is 27.3 Å². The number of carbonyl (C=O) groups is 1. The lowest BCUT2D eigenvalue weighted by Crippen LogP contribution is -2.11. The fourth-order valence-corrected chi connectivity index (χ4v) is 2.00. The highest BCUT2D eigenvalue weighted by Crippen LogP contribution is 2.18. The molecule has 0 aliphatic rings. The molecule has 4 nitrogen and oxygen atoms in total. The van der Waals surface area contributed by atoms with E-state index in [1.165, 1.54) is 11.3 Å². The number of carbonyl (C=O) groups excluding carboxylic acids is 1. The number of amides is 1. The van der Waals surface area contributed by atoms with E-state index < -0.39 is 0 Å². The lowest BCUT2D eigenvalue weighted by Gasteiger charge is -1.97. The number of alkyl halides is 1. The molecule has 1 aromatic heterocycles. The van der Waals surface area contributed by atoms with Crippen molar-refractivity contribution in [3.05, 3.63) is 5.01 Å². The summed E-state index contributed by atoms with van der Waals surface area (Å²) in [7, 11) is 0. The highest BCUT2D eigenvalue weighted by atomic mass is 79.9. The maximum absolute atomic E-state index is 11.0. The van der Waals surface area contributed by atoms with E-state index in [1.807, 2.05) is 0 Å². The molecule has 0 saturated carbocycles. The molecular formula is C8H12BrN3OS. The van der Waals surface area contributed by atoms with Crippen molar-refractivity contribution in [2.45, 2.75) is 20.3 Å². The zero-order valence-corrected chi connectivity index (χ0v) is 10.5. The van der Waals surface area contributed by atoms with Gasteiger partial charge < -0.3 is 0 Å². The highest BCUT2D eigenvalue weighted by Gasteiger charge is 2.07. The van der Waals surface area contributed by atoms with E-state index >= 15 is 0 Å². The molecule has 0 saturated heterocycles. The van der Waals surface area contributed by atoms with E-state index in [0.717, 1.165) is 11.4 Å². The summed E-state index contributed by atoms with van der Waals surface area (Å²) in [5.74, 6) is 0.458. The zero-order chi connectivity index (χ0) is 10.6. The van der Waals surface area contributed by atoms with E-state index in [2.05, 4.69) is 45.3 Å². The van der Waals surface area contributed by atoms with Gasteiger partial charge in [-0.05, 0) is 5.92 Å². The quantitative estimate of drug-likeness (QED) is 0.858. The van der Waals surface area contributed by atoms with E-state index in [-0.39, 0.29) is 11.2 Å². The summed E-state index contributed by atoms with van der Waals surface area (Å²) in [6.07, 6.45) is 0.905. The maximum atomic E-state index is 11.0. The van der Waals surface area contributed by atoms with Crippen molar-refractivity contribution in [2.24, 2.45) is 5.92 Å². The molecule has 0 unspecified atom stereocenters. The Balaban J connectivity index is 2.55. The first-order chi connectivity index (χ1) is 6.61. The minimum Gasteiger partial charge on any atom is -0.300 e. The van der Waals surface area contributed by atoms with Crippen LogP contribution in [0.2, 0.25) is 0 Å². The number of anilines is 1. The first-order valence-electron chi connectivity index (χ1n) is 4.30. The predicted octanol–water partition coefficient (Wildman–Crippen LogP) is 2.07. The van der Waals surface area contributed by atoms with Crippen LogP contribution < -0.4 is 5.32 Å². The second-order valence-electron chi connectivity index (χ2n) is 3.28. The van der Waals surface area contributed by atoms with Gasteiger partial charge in [-0.25, -0.2) is 0 Å².